The number of nitrogens with two attached hydrogens (primary N) is 1. The number of amides is 1. The summed E-state index contributed by atoms with van der Waals surface area (Å²) in [6.45, 7) is 1.72. The average Bonchev–Trinajstić information content (AvgIpc) is 2.31. The molecule has 0 aliphatic carbocycles. The van der Waals surface area contributed by atoms with Gasteiger partial charge in [0.15, 0.2) is 0 Å². The zero-order valence-electron chi connectivity index (χ0n) is 9.93. The van der Waals surface area contributed by atoms with E-state index in [0.29, 0.717) is 6.42 Å². The summed E-state index contributed by atoms with van der Waals surface area (Å²) in [6, 6.07) is -1.87. The number of hydrogen-bond donors (Lipinski definition) is 3. The minimum absolute atomic E-state index is 0.0236. The van der Waals surface area contributed by atoms with Gasteiger partial charge in [0.25, 0.3) is 0 Å². The van der Waals surface area contributed by atoms with E-state index in [-0.39, 0.29) is 12.8 Å². The van der Waals surface area contributed by atoms with E-state index >= 15 is 0 Å². The van der Waals surface area contributed by atoms with E-state index in [1.165, 1.54) is 7.11 Å². The smallest absolute Gasteiger partial charge is 0.326 e. The molecule has 2 atom stereocenters. The summed E-state index contributed by atoms with van der Waals surface area (Å²) >= 11 is 0. The predicted octanol–water partition coefficient (Wildman–Crippen LogP) is -0.754. The van der Waals surface area contributed by atoms with Crippen LogP contribution in [-0.2, 0) is 19.1 Å². The number of carboxylic acid groups (broad SMARTS) is 1. The molecular weight excluding hydrogens is 228 g/mol. The maximum atomic E-state index is 11.4. The van der Waals surface area contributed by atoms with Crippen molar-refractivity contribution in [1.82, 2.24) is 5.32 Å². The molecule has 7 heteroatoms. The Bertz CT molecular complexity index is 292. The van der Waals surface area contributed by atoms with Crippen molar-refractivity contribution in [3.63, 3.8) is 0 Å². The quantitative estimate of drug-likeness (QED) is 0.508. The van der Waals surface area contributed by atoms with Crippen molar-refractivity contribution >= 4 is 17.8 Å². The number of ether oxygens (including phenoxy) is 1. The number of nitrogens with one attached hydrogen (secondary N) is 1. The number of aliphatic carboxylic acids is 1. The summed E-state index contributed by atoms with van der Waals surface area (Å²) in [5.74, 6) is -2.26. The van der Waals surface area contributed by atoms with Crippen molar-refractivity contribution in [3.8, 4) is 0 Å². The molecule has 17 heavy (non-hydrogen) atoms. The van der Waals surface area contributed by atoms with Crippen LogP contribution in [0.15, 0.2) is 0 Å². The van der Waals surface area contributed by atoms with Gasteiger partial charge in [0.05, 0.1) is 13.2 Å². The normalized spacial score (nSPS) is 13.6. The third kappa shape index (κ3) is 5.86. The molecule has 0 spiro atoms. The Morgan fingerprint density at radius 3 is 2.41 bits per heavy atom. The molecular formula is C10H18N2O5. The Labute approximate surface area is 99.3 Å². The van der Waals surface area contributed by atoms with Gasteiger partial charge >= 0.3 is 11.9 Å². The zero-order chi connectivity index (χ0) is 13.4. The number of hydrogen-bond acceptors (Lipinski definition) is 5. The highest BCUT2D eigenvalue weighted by Crippen LogP contribution is 2.00. The van der Waals surface area contributed by atoms with Crippen LogP contribution in [0.5, 0.6) is 0 Å². The van der Waals surface area contributed by atoms with Crippen LogP contribution in [0.4, 0.5) is 0 Å². The molecule has 0 aromatic carbocycles. The summed E-state index contributed by atoms with van der Waals surface area (Å²) in [4.78, 5) is 33.1. The summed E-state index contributed by atoms with van der Waals surface area (Å²) in [7, 11) is 1.21. The lowest BCUT2D eigenvalue weighted by molar-refractivity contribution is -0.144. The van der Waals surface area contributed by atoms with E-state index < -0.39 is 29.9 Å². The Morgan fingerprint density at radius 2 is 2.00 bits per heavy atom. The Balaban J connectivity index is 4.30. The molecule has 4 N–H and O–H groups in total. The van der Waals surface area contributed by atoms with Crippen molar-refractivity contribution in [3.05, 3.63) is 0 Å². The summed E-state index contributed by atoms with van der Waals surface area (Å²) in [5, 5.41) is 11.1. The first-order valence-corrected chi connectivity index (χ1v) is 5.27. The molecule has 0 aromatic heterocycles. The van der Waals surface area contributed by atoms with Crippen LogP contribution in [0, 0.1) is 0 Å². The fraction of sp³-hybridized carbons (Fsp3) is 0.700. The van der Waals surface area contributed by atoms with Gasteiger partial charge in [0.2, 0.25) is 5.91 Å². The maximum absolute atomic E-state index is 11.4. The number of carbonyl (C=O) groups excluding carboxylic acids is 2. The second-order valence-corrected chi connectivity index (χ2v) is 3.53. The molecule has 0 rings (SSSR count). The average molecular weight is 246 g/mol. The Morgan fingerprint density at radius 1 is 1.41 bits per heavy atom. The summed E-state index contributed by atoms with van der Waals surface area (Å²) in [6.07, 6.45) is 0.314. The van der Waals surface area contributed by atoms with Crippen LogP contribution in [0.25, 0.3) is 0 Å². The molecule has 98 valence electrons. The van der Waals surface area contributed by atoms with Gasteiger partial charge in [-0.3, -0.25) is 9.59 Å². The number of carboxylic acids is 1. The highest BCUT2D eigenvalue weighted by molar-refractivity contribution is 5.87. The third-order valence-corrected chi connectivity index (χ3v) is 2.26. The van der Waals surface area contributed by atoms with E-state index in [9.17, 15) is 14.4 Å². The van der Waals surface area contributed by atoms with Gasteiger partial charge in [-0.05, 0) is 12.8 Å². The topological polar surface area (TPSA) is 119 Å². The Hall–Kier alpha value is -1.63. The molecule has 0 saturated carbocycles. The number of rotatable bonds is 7. The molecule has 0 aliphatic rings. The van der Waals surface area contributed by atoms with Crippen LogP contribution in [0.2, 0.25) is 0 Å². The molecule has 0 saturated heterocycles. The predicted molar refractivity (Wildman–Crippen MR) is 59.1 cm³/mol. The van der Waals surface area contributed by atoms with E-state index in [4.69, 9.17) is 10.8 Å². The summed E-state index contributed by atoms with van der Waals surface area (Å²) in [5.41, 5.74) is 5.45. The lowest BCUT2D eigenvalue weighted by atomic mass is 10.1. The summed E-state index contributed by atoms with van der Waals surface area (Å²) < 4.78 is 4.38. The third-order valence-electron chi connectivity index (χ3n) is 2.26. The first kappa shape index (κ1) is 15.4. The first-order valence-electron chi connectivity index (χ1n) is 5.27. The monoisotopic (exact) mass is 246 g/mol. The lowest BCUT2D eigenvalue weighted by Crippen LogP contribution is -2.48. The van der Waals surface area contributed by atoms with Gasteiger partial charge in [-0.2, -0.15) is 0 Å². The maximum Gasteiger partial charge on any atom is 0.326 e. The minimum atomic E-state index is -1.20. The number of carbonyl (C=O) groups is 3. The van der Waals surface area contributed by atoms with Crippen LogP contribution in [0.3, 0.4) is 0 Å². The van der Waals surface area contributed by atoms with E-state index in [0.717, 1.165) is 0 Å². The van der Waals surface area contributed by atoms with Gasteiger partial charge in [-0.15, -0.1) is 0 Å². The second-order valence-electron chi connectivity index (χ2n) is 3.53. The second kappa shape index (κ2) is 7.61. The van der Waals surface area contributed by atoms with E-state index in [1.54, 1.807) is 6.92 Å². The fourth-order valence-electron chi connectivity index (χ4n) is 1.09. The van der Waals surface area contributed by atoms with Crippen molar-refractivity contribution in [2.45, 2.75) is 38.3 Å². The molecule has 0 heterocycles. The van der Waals surface area contributed by atoms with Crippen molar-refractivity contribution in [2.75, 3.05) is 7.11 Å². The highest BCUT2D eigenvalue weighted by Gasteiger charge is 2.23. The van der Waals surface area contributed by atoms with Crippen LogP contribution >= 0.6 is 0 Å². The van der Waals surface area contributed by atoms with E-state index in [2.05, 4.69) is 10.1 Å². The molecule has 0 fully saturated rings. The van der Waals surface area contributed by atoms with Crippen LogP contribution < -0.4 is 11.1 Å². The molecule has 0 bridgehead atoms. The molecule has 0 unspecified atom stereocenters. The van der Waals surface area contributed by atoms with E-state index in [1.807, 2.05) is 0 Å². The first-order chi connectivity index (χ1) is 7.92. The lowest BCUT2D eigenvalue weighted by Gasteiger charge is -2.16. The molecule has 0 radical (unpaired) electrons. The molecule has 1 amide bonds. The van der Waals surface area contributed by atoms with Gasteiger partial charge in [-0.25, -0.2) is 4.79 Å². The van der Waals surface area contributed by atoms with Crippen molar-refractivity contribution in [1.29, 1.82) is 0 Å². The Kier molecular flexibility index (Phi) is 6.88. The molecule has 7 nitrogen and oxygen atoms in total. The SMILES string of the molecule is CC[C@H](N)C(=O)N[C@@H](CCC(=O)OC)C(=O)O. The van der Waals surface area contributed by atoms with Crippen molar-refractivity contribution < 1.29 is 24.2 Å². The van der Waals surface area contributed by atoms with Gasteiger partial charge in [0, 0.05) is 6.42 Å². The molecule has 0 aromatic rings. The van der Waals surface area contributed by atoms with Gasteiger partial charge < -0.3 is 20.9 Å². The number of esters is 1. The molecule has 0 aliphatic heterocycles. The number of methoxy groups -OCH3 is 1. The largest absolute Gasteiger partial charge is 0.480 e. The van der Waals surface area contributed by atoms with Crippen LogP contribution in [-0.4, -0.2) is 42.1 Å². The van der Waals surface area contributed by atoms with Gasteiger partial charge in [0.1, 0.15) is 6.04 Å². The highest BCUT2D eigenvalue weighted by atomic mass is 16.5. The zero-order valence-corrected chi connectivity index (χ0v) is 9.93. The van der Waals surface area contributed by atoms with Crippen LogP contribution in [0.1, 0.15) is 26.2 Å². The van der Waals surface area contributed by atoms with Crippen molar-refractivity contribution in [2.24, 2.45) is 5.73 Å². The van der Waals surface area contributed by atoms with Gasteiger partial charge in [-0.1, -0.05) is 6.92 Å². The fourth-order valence-corrected chi connectivity index (χ4v) is 1.09. The standard InChI is InChI=1S/C10H18N2O5/c1-3-6(11)9(14)12-7(10(15)16)4-5-8(13)17-2/h6-7H,3-5,11H2,1-2H3,(H,12,14)(H,15,16)/t6-,7-/m0/s1. The minimum Gasteiger partial charge on any atom is -0.480 e.